The first-order valence-corrected chi connectivity index (χ1v) is 14.5. The van der Waals surface area contributed by atoms with Gasteiger partial charge in [-0.1, -0.05) is 54.2 Å². The van der Waals surface area contributed by atoms with Crippen molar-refractivity contribution in [1.29, 1.82) is 5.26 Å². The maximum atomic E-state index is 13.1. The number of nitriles is 1. The quantitative estimate of drug-likeness (QED) is 0.123. The maximum absolute atomic E-state index is 13.1. The first kappa shape index (κ1) is 29.5. The lowest BCUT2D eigenvalue weighted by atomic mass is 9.99. The largest absolute Gasteiger partial charge is 0.497 e. The number of benzene rings is 2. The van der Waals surface area contributed by atoms with E-state index < -0.39 is 11.9 Å². The molecule has 2 aromatic heterocycles. The van der Waals surface area contributed by atoms with E-state index in [1.165, 1.54) is 6.92 Å². The number of amides is 1. The highest BCUT2D eigenvalue weighted by molar-refractivity contribution is 8.00. The van der Waals surface area contributed by atoms with Crippen molar-refractivity contribution in [2.45, 2.75) is 25.8 Å². The zero-order valence-corrected chi connectivity index (χ0v) is 24.6. The van der Waals surface area contributed by atoms with Crippen LogP contribution in [-0.4, -0.2) is 42.1 Å². The van der Waals surface area contributed by atoms with E-state index in [2.05, 4.69) is 11.4 Å². The Balaban J connectivity index is 1.67. The van der Waals surface area contributed by atoms with E-state index in [-0.39, 0.29) is 28.7 Å². The average molecular weight is 586 g/mol. The molecule has 1 N–H and O–H groups in total. The summed E-state index contributed by atoms with van der Waals surface area (Å²) >= 11 is 2.16. The van der Waals surface area contributed by atoms with Gasteiger partial charge in [0.1, 0.15) is 21.8 Å². The van der Waals surface area contributed by atoms with Gasteiger partial charge in [-0.05, 0) is 50.1 Å². The number of Topliss-reactive ketones (excluding diaryl/α,β-unsaturated/α-hetero) is 1. The molecule has 0 saturated heterocycles. The Morgan fingerprint density at radius 2 is 1.78 bits per heavy atom. The summed E-state index contributed by atoms with van der Waals surface area (Å²) in [4.78, 5) is 42.9. The fourth-order valence-corrected chi connectivity index (χ4v) is 6.08. The molecule has 10 heteroatoms. The van der Waals surface area contributed by atoms with Gasteiger partial charge in [-0.25, -0.2) is 9.78 Å². The molecule has 0 aliphatic rings. The highest BCUT2D eigenvalue weighted by atomic mass is 32.2. The monoisotopic (exact) mass is 585 g/mol. The van der Waals surface area contributed by atoms with Crippen molar-refractivity contribution in [2.75, 3.05) is 24.8 Å². The number of esters is 1. The molecule has 0 spiro atoms. The standard InChI is InChI=1S/C31H27N3O5S2/c1-5-39-31(37)27-18(2)28(19(3)35)41-30(27)34-26(36)17-40-29-24(16-32)23(20-11-13-22(38-4)14-12-20)15-25(33-29)21-9-7-6-8-10-21/h6-15H,5,17H2,1-4H3,(H,34,36). The topological polar surface area (TPSA) is 118 Å². The van der Waals surface area contributed by atoms with Crippen molar-refractivity contribution in [3.63, 3.8) is 0 Å². The molecule has 0 radical (unpaired) electrons. The third kappa shape index (κ3) is 6.65. The number of thiophene rings is 1. The second kappa shape index (κ2) is 13.3. The van der Waals surface area contributed by atoms with Crippen molar-refractivity contribution < 1.29 is 23.9 Å². The van der Waals surface area contributed by atoms with Crippen molar-refractivity contribution in [1.82, 2.24) is 4.98 Å². The van der Waals surface area contributed by atoms with Gasteiger partial charge >= 0.3 is 5.97 Å². The van der Waals surface area contributed by atoms with E-state index in [9.17, 15) is 19.6 Å². The van der Waals surface area contributed by atoms with Crippen LogP contribution >= 0.6 is 23.1 Å². The van der Waals surface area contributed by atoms with Gasteiger partial charge in [0, 0.05) is 11.1 Å². The van der Waals surface area contributed by atoms with Crippen LogP contribution in [0, 0.1) is 18.3 Å². The minimum atomic E-state index is -0.607. The Morgan fingerprint density at radius 1 is 1.07 bits per heavy atom. The second-order valence-electron chi connectivity index (χ2n) is 8.82. The molecule has 0 bridgehead atoms. The molecule has 2 heterocycles. The number of aromatic nitrogens is 1. The Hall–Kier alpha value is -4.46. The van der Waals surface area contributed by atoms with E-state index in [1.54, 1.807) is 21.0 Å². The molecule has 1 amide bonds. The van der Waals surface area contributed by atoms with Crippen LogP contribution in [0.4, 0.5) is 5.00 Å². The third-order valence-electron chi connectivity index (χ3n) is 6.11. The first-order valence-electron chi connectivity index (χ1n) is 12.7. The number of thioether (sulfide) groups is 1. The van der Waals surface area contributed by atoms with Crippen LogP contribution in [0.2, 0.25) is 0 Å². The minimum absolute atomic E-state index is 0.0867. The predicted octanol–water partition coefficient (Wildman–Crippen LogP) is 6.78. The highest BCUT2D eigenvalue weighted by Gasteiger charge is 2.25. The summed E-state index contributed by atoms with van der Waals surface area (Å²) in [5.41, 5.74) is 3.98. The van der Waals surface area contributed by atoms with Crippen LogP contribution in [-0.2, 0) is 9.53 Å². The van der Waals surface area contributed by atoms with Crippen LogP contribution in [0.5, 0.6) is 5.75 Å². The van der Waals surface area contributed by atoms with Gasteiger partial charge in [0.15, 0.2) is 5.78 Å². The van der Waals surface area contributed by atoms with Crippen LogP contribution in [0.25, 0.3) is 22.4 Å². The molecular weight excluding hydrogens is 558 g/mol. The van der Waals surface area contributed by atoms with Crippen LogP contribution in [0.1, 0.15) is 45.0 Å². The number of rotatable bonds is 10. The summed E-state index contributed by atoms with van der Waals surface area (Å²) in [6, 6.07) is 21.1. The van der Waals surface area contributed by atoms with Gasteiger partial charge in [-0.2, -0.15) is 5.26 Å². The second-order valence-corrected chi connectivity index (χ2v) is 10.8. The van der Waals surface area contributed by atoms with Gasteiger partial charge in [0.2, 0.25) is 5.91 Å². The van der Waals surface area contributed by atoms with Gasteiger partial charge in [0.25, 0.3) is 0 Å². The number of ketones is 1. The van der Waals surface area contributed by atoms with E-state index >= 15 is 0 Å². The number of hydrogen-bond donors (Lipinski definition) is 1. The number of nitrogens with zero attached hydrogens (tertiary/aromatic N) is 2. The molecule has 208 valence electrons. The number of carbonyl (C=O) groups excluding carboxylic acids is 3. The zero-order valence-electron chi connectivity index (χ0n) is 22.9. The zero-order chi connectivity index (χ0) is 29.5. The molecular formula is C31H27N3O5S2. The smallest absolute Gasteiger partial charge is 0.341 e. The molecule has 0 saturated carbocycles. The van der Waals surface area contributed by atoms with Gasteiger partial charge < -0.3 is 14.8 Å². The van der Waals surface area contributed by atoms with E-state index in [4.69, 9.17) is 14.5 Å². The molecule has 8 nitrogen and oxygen atoms in total. The number of carbonyl (C=O) groups is 3. The Labute approximate surface area is 246 Å². The summed E-state index contributed by atoms with van der Waals surface area (Å²) < 4.78 is 10.4. The molecule has 0 unspecified atom stereocenters. The summed E-state index contributed by atoms with van der Waals surface area (Å²) in [5.74, 6) is -0.630. The van der Waals surface area contributed by atoms with Crippen molar-refractivity contribution in [3.8, 4) is 34.2 Å². The van der Waals surface area contributed by atoms with Crippen molar-refractivity contribution in [2.24, 2.45) is 0 Å². The lowest BCUT2D eigenvalue weighted by Gasteiger charge is -2.13. The normalized spacial score (nSPS) is 10.5. The summed E-state index contributed by atoms with van der Waals surface area (Å²) in [7, 11) is 1.59. The maximum Gasteiger partial charge on any atom is 0.341 e. The SMILES string of the molecule is CCOC(=O)c1c(NC(=O)CSc2nc(-c3ccccc3)cc(-c3ccc(OC)cc3)c2C#N)sc(C(C)=O)c1C. The van der Waals surface area contributed by atoms with Crippen molar-refractivity contribution in [3.05, 3.63) is 82.2 Å². The third-order valence-corrected chi connectivity index (χ3v) is 8.39. The number of pyridine rings is 1. The van der Waals surface area contributed by atoms with E-state index in [0.29, 0.717) is 38.0 Å². The molecule has 0 fully saturated rings. The lowest BCUT2D eigenvalue weighted by molar-refractivity contribution is -0.113. The van der Waals surface area contributed by atoms with E-state index in [1.807, 2.05) is 60.7 Å². The molecule has 4 aromatic rings. The van der Waals surface area contributed by atoms with Gasteiger partial charge in [0.05, 0.1) is 41.2 Å². The number of ether oxygens (including phenoxy) is 2. The predicted molar refractivity (Wildman–Crippen MR) is 161 cm³/mol. The molecule has 0 aliphatic heterocycles. The van der Waals surface area contributed by atoms with Gasteiger partial charge in [-0.3, -0.25) is 9.59 Å². The molecule has 2 aromatic carbocycles. The molecule has 41 heavy (non-hydrogen) atoms. The minimum Gasteiger partial charge on any atom is -0.497 e. The van der Waals surface area contributed by atoms with Crippen molar-refractivity contribution >= 4 is 45.8 Å². The number of hydrogen-bond acceptors (Lipinski definition) is 9. The Morgan fingerprint density at radius 3 is 2.39 bits per heavy atom. The Bertz CT molecular complexity index is 1640. The Kier molecular flexibility index (Phi) is 9.55. The van der Waals surface area contributed by atoms with Gasteiger partial charge in [-0.15, -0.1) is 11.3 Å². The lowest BCUT2D eigenvalue weighted by Crippen LogP contribution is -2.16. The first-order chi connectivity index (χ1) is 19.8. The molecule has 0 aliphatic carbocycles. The summed E-state index contributed by atoms with van der Waals surface area (Å²) in [6.45, 7) is 4.90. The van der Waals surface area contributed by atoms with Crippen LogP contribution in [0.15, 0.2) is 65.7 Å². The number of anilines is 1. The summed E-state index contributed by atoms with van der Waals surface area (Å²) in [6.07, 6.45) is 0. The highest BCUT2D eigenvalue weighted by Crippen LogP contribution is 2.36. The van der Waals surface area contributed by atoms with Crippen LogP contribution < -0.4 is 10.1 Å². The fourth-order valence-electron chi connectivity index (χ4n) is 4.17. The van der Waals surface area contributed by atoms with Crippen LogP contribution in [0.3, 0.4) is 0 Å². The molecule has 4 rings (SSSR count). The number of nitrogens with one attached hydrogen (secondary N) is 1. The van der Waals surface area contributed by atoms with E-state index in [0.717, 1.165) is 34.2 Å². The summed E-state index contributed by atoms with van der Waals surface area (Å²) in [5, 5.41) is 13.6. The average Bonchev–Trinajstić information content (AvgIpc) is 3.31. The fraction of sp³-hybridized carbons (Fsp3) is 0.194. The number of methoxy groups -OCH3 is 1. The molecule has 0 atom stereocenters.